The van der Waals surface area contributed by atoms with Crippen molar-refractivity contribution in [2.75, 3.05) is 20.8 Å². The van der Waals surface area contributed by atoms with E-state index in [2.05, 4.69) is 15.2 Å². The number of nitrogens with zero attached hydrogens (tertiary/aromatic N) is 4. The van der Waals surface area contributed by atoms with Crippen LogP contribution in [0.5, 0.6) is 17.2 Å². The van der Waals surface area contributed by atoms with Gasteiger partial charge in [0.2, 0.25) is 5.82 Å². The Hall–Kier alpha value is -3.90. The maximum atomic E-state index is 13.7. The van der Waals surface area contributed by atoms with Crippen molar-refractivity contribution in [1.29, 1.82) is 0 Å². The first-order valence-electron chi connectivity index (χ1n) is 12.5. The van der Waals surface area contributed by atoms with Crippen LogP contribution in [0.4, 0.5) is 0 Å². The number of pyridine rings is 1. The highest BCUT2D eigenvalue weighted by molar-refractivity contribution is 7.91. The Labute approximate surface area is 226 Å². The summed E-state index contributed by atoms with van der Waals surface area (Å²) in [6, 6.07) is 10.3. The van der Waals surface area contributed by atoms with E-state index in [0.29, 0.717) is 58.7 Å². The van der Waals surface area contributed by atoms with E-state index in [1.807, 2.05) is 0 Å². The molecule has 0 aliphatic carbocycles. The molecule has 0 spiro atoms. The molecule has 12 heteroatoms. The van der Waals surface area contributed by atoms with E-state index in [1.165, 1.54) is 21.1 Å². The molecular weight excluding hydrogens is 524 g/mol. The SMILES string of the molecule is COc1cccc(OC)c1-n1c(CS(=O)(=O)[C@H](C)[C@@H](O)c2ccnc3c2OCCC3)nnc1-c1ccc(C)o1. The molecule has 0 bridgehead atoms. The fraction of sp³-hybridized carbons (Fsp3) is 0.370. The third-order valence-electron chi connectivity index (χ3n) is 6.79. The van der Waals surface area contributed by atoms with Crippen molar-refractivity contribution < 1.29 is 32.2 Å². The van der Waals surface area contributed by atoms with Crippen LogP contribution in [0.15, 0.2) is 47.0 Å². The van der Waals surface area contributed by atoms with Gasteiger partial charge in [-0.15, -0.1) is 10.2 Å². The predicted octanol–water partition coefficient (Wildman–Crippen LogP) is 3.61. The number of fused-ring (bicyclic) bond motifs is 1. The summed E-state index contributed by atoms with van der Waals surface area (Å²) in [5.74, 6) is 2.21. The first-order valence-corrected chi connectivity index (χ1v) is 14.2. The molecule has 0 unspecified atom stereocenters. The minimum Gasteiger partial charge on any atom is -0.494 e. The smallest absolute Gasteiger partial charge is 0.204 e. The van der Waals surface area contributed by atoms with Gasteiger partial charge in [0.1, 0.15) is 34.4 Å². The molecule has 0 saturated carbocycles. The molecule has 2 atom stereocenters. The topological polar surface area (TPSA) is 139 Å². The summed E-state index contributed by atoms with van der Waals surface area (Å²) in [5, 5.41) is 18.6. The number of aryl methyl sites for hydroxylation is 2. The molecule has 4 heterocycles. The third kappa shape index (κ3) is 4.97. The van der Waals surface area contributed by atoms with E-state index in [9.17, 15) is 13.5 Å². The normalized spacial score (nSPS) is 14.8. The van der Waals surface area contributed by atoms with Gasteiger partial charge in [-0.2, -0.15) is 0 Å². The summed E-state index contributed by atoms with van der Waals surface area (Å²) in [7, 11) is -0.971. The summed E-state index contributed by atoms with van der Waals surface area (Å²) in [6.07, 6.45) is 1.74. The van der Waals surface area contributed by atoms with Crippen LogP contribution in [0, 0.1) is 6.92 Å². The highest BCUT2D eigenvalue weighted by atomic mass is 32.2. The molecule has 206 valence electrons. The highest BCUT2D eigenvalue weighted by Gasteiger charge is 2.35. The van der Waals surface area contributed by atoms with Gasteiger partial charge in [-0.1, -0.05) is 6.07 Å². The van der Waals surface area contributed by atoms with Crippen LogP contribution < -0.4 is 14.2 Å². The van der Waals surface area contributed by atoms with Crippen LogP contribution in [0.2, 0.25) is 0 Å². The molecule has 39 heavy (non-hydrogen) atoms. The number of ether oxygens (including phenoxy) is 3. The highest BCUT2D eigenvalue weighted by Crippen LogP contribution is 2.38. The number of benzene rings is 1. The van der Waals surface area contributed by atoms with Crippen LogP contribution >= 0.6 is 0 Å². The van der Waals surface area contributed by atoms with E-state index < -0.39 is 26.9 Å². The number of hydrogen-bond donors (Lipinski definition) is 1. The van der Waals surface area contributed by atoms with Crippen molar-refractivity contribution in [3.05, 3.63) is 65.4 Å². The van der Waals surface area contributed by atoms with E-state index in [4.69, 9.17) is 18.6 Å². The minimum absolute atomic E-state index is 0.105. The molecule has 1 N–H and O–H groups in total. The summed E-state index contributed by atoms with van der Waals surface area (Å²) >= 11 is 0. The average Bonchev–Trinajstić information content (AvgIpc) is 3.56. The lowest BCUT2D eigenvalue weighted by Crippen LogP contribution is -2.29. The minimum atomic E-state index is -3.98. The zero-order valence-corrected chi connectivity index (χ0v) is 22.9. The number of para-hydroxylation sites is 1. The molecule has 0 fully saturated rings. The van der Waals surface area contributed by atoms with Gasteiger partial charge < -0.3 is 23.7 Å². The van der Waals surface area contributed by atoms with E-state index in [1.54, 1.807) is 54.1 Å². The Kier molecular flexibility index (Phi) is 7.32. The van der Waals surface area contributed by atoms with Gasteiger partial charge in [0.15, 0.2) is 21.4 Å². The first kappa shape index (κ1) is 26.7. The average molecular weight is 555 g/mol. The van der Waals surface area contributed by atoms with Crippen LogP contribution in [0.1, 0.15) is 42.3 Å². The summed E-state index contributed by atoms with van der Waals surface area (Å²) in [6.45, 7) is 3.75. The Bertz CT molecular complexity index is 1570. The van der Waals surface area contributed by atoms with Gasteiger partial charge >= 0.3 is 0 Å². The van der Waals surface area contributed by atoms with Crippen molar-refractivity contribution in [3.8, 4) is 34.5 Å². The van der Waals surface area contributed by atoms with E-state index in [0.717, 1.165) is 6.42 Å². The molecule has 5 rings (SSSR count). The summed E-state index contributed by atoms with van der Waals surface area (Å²) in [5.41, 5.74) is 1.53. The van der Waals surface area contributed by atoms with Gasteiger partial charge in [0.05, 0.1) is 37.9 Å². The molecule has 0 amide bonds. The molecule has 1 aromatic carbocycles. The monoisotopic (exact) mass is 554 g/mol. The second-order valence-electron chi connectivity index (χ2n) is 9.28. The van der Waals surface area contributed by atoms with Crippen molar-refractivity contribution in [2.45, 2.75) is 43.8 Å². The Morgan fingerprint density at radius 3 is 2.51 bits per heavy atom. The molecule has 1 aliphatic rings. The molecule has 4 aromatic rings. The van der Waals surface area contributed by atoms with Crippen molar-refractivity contribution in [2.24, 2.45) is 0 Å². The zero-order chi connectivity index (χ0) is 27.7. The second-order valence-corrected chi connectivity index (χ2v) is 11.6. The first-order chi connectivity index (χ1) is 18.7. The maximum absolute atomic E-state index is 13.7. The summed E-state index contributed by atoms with van der Waals surface area (Å²) in [4.78, 5) is 4.32. The second kappa shape index (κ2) is 10.7. The lowest BCUT2D eigenvalue weighted by atomic mass is 10.0. The number of sulfone groups is 1. The molecule has 11 nitrogen and oxygen atoms in total. The summed E-state index contributed by atoms with van der Waals surface area (Å²) < 4.78 is 51.8. The lowest BCUT2D eigenvalue weighted by Gasteiger charge is -2.25. The van der Waals surface area contributed by atoms with Crippen LogP contribution in [-0.2, 0) is 22.0 Å². The lowest BCUT2D eigenvalue weighted by molar-refractivity contribution is 0.166. The number of hydrogen-bond acceptors (Lipinski definition) is 10. The quantitative estimate of drug-likeness (QED) is 0.326. The van der Waals surface area contributed by atoms with Gasteiger partial charge in [-0.05, 0) is 57.0 Å². The Morgan fingerprint density at radius 1 is 1.10 bits per heavy atom. The predicted molar refractivity (Wildman–Crippen MR) is 142 cm³/mol. The fourth-order valence-electron chi connectivity index (χ4n) is 4.67. The Balaban J connectivity index is 1.57. The number of aliphatic hydroxyl groups is 1. The number of aliphatic hydroxyl groups excluding tert-OH is 1. The van der Waals surface area contributed by atoms with Crippen molar-refractivity contribution in [3.63, 3.8) is 0 Å². The van der Waals surface area contributed by atoms with Gasteiger partial charge in [-0.25, -0.2) is 8.42 Å². The number of methoxy groups -OCH3 is 2. The van der Waals surface area contributed by atoms with Crippen LogP contribution in [0.25, 0.3) is 17.3 Å². The third-order valence-corrected chi connectivity index (χ3v) is 8.84. The number of furan rings is 1. The maximum Gasteiger partial charge on any atom is 0.204 e. The zero-order valence-electron chi connectivity index (χ0n) is 22.1. The fourth-order valence-corrected chi connectivity index (χ4v) is 6.02. The number of rotatable bonds is 9. The Morgan fingerprint density at radius 2 is 1.85 bits per heavy atom. The molecule has 0 saturated heterocycles. The number of aromatic nitrogens is 4. The van der Waals surface area contributed by atoms with Gasteiger partial charge in [-0.3, -0.25) is 9.55 Å². The van der Waals surface area contributed by atoms with Crippen LogP contribution in [-0.4, -0.2) is 59.3 Å². The molecule has 0 radical (unpaired) electrons. The van der Waals surface area contributed by atoms with E-state index in [-0.39, 0.29) is 11.6 Å². The van der Waals surface area contributed by atoms with Crippen LogP contribution in [0.3, 0.4) is 0 Å². The molecular formula is C27H30N4O7S. The molecule has 1 aliphatic heterocycles. The van der Waals surface area contributed by atoms with Gasteiger partial charge in [0, 0.05) is 11.8 Å². The standard InChI is InChI=1S/C27H30N4O7S/c1-16-10-11-22(38-16)27-30-29-23(31(27)24-20(35-3)8-5-9-21(24)36-4)15-39(33,34)17(2)25(32)18-12-13-28-19-7-6-14-37-26(18)19/h5,8-13,17,25,32H,6-7,14-15H2,1-4H3/t17-,25-/m1/s1. The van der Waals surface area contributed by atoms with Crippen molar-refractivity contribution in [1.82, 2.24) is 19.7 Å². The van der Waals surface area contributed by atoms with Crippen molar-refractivity contribution >= 4 is 9.84 Å². The van der Waals surface area contributed by atoms with Gasteiger partial charge in [0.25, 0.3) is 0 Å². The molecule has 3 aromatic heterocycles. The van der Waals surface area contributed by atoms with E-state index >= 15 is 0 Å². The largest absolute Gasteiger partial charge is 0.494 e.